The van der Waals surface area contributed by atoms with Crippen molar-refractivity contribution < 1.29 is 13.2 Å². The molecule has 0 aromatic heterocycles. The van der Waals surface area contributed by atoms with Crippen LogP contribution in [0.3, 0.4) is 0 Å². The van der Waals surface area contributed by atoms with Crippen molar-refractivity contribution >= 4 is 27.4 Å². The maximum absolute atomic E-state index is 12.8. The zero-order valence-electron chi connectivity index (χ0n) is 12.5. The van der Waals surface area contributed by atoms with Gasteiger partial charge in [0.05, 0.1) is 11.1 Å². The summed E-state index contributed by atoms with van der Waals surface area (Å²) in [5.41, 5.74) is -0.566. The van der Waals surface area contributed by atoms with E-state index in [0.717, 1.165) is 0 Å². The molecule has 2 rings (SSSR count). The Bertz CT molecular complexity index is 649. The van der Waals surface area contributed by atoms with E-state index in [-0.39, 0.29) is 15.7 Å². The molecular weight excluding hydrogens is 310 g/mol. The third-order valence-corrected chi connectivity index (χ3v) is 6.08. The number of hydrogen-bond acceptors (Lipinski definition) is 3. The van der Waals surface area contributed by atoms with Crippen LogP contribution in [0.5, 0.6) is 0 Å². The summed E-state index contributed by atoms with van der Waals surface area (Å²) in [6.45, 7) is 5.80. The first kappa shape index (κ1) is 16.5. The lowest BCUT2D eigenvalue weighted by atomic mass is 9.86. The average Bonchev–Trinajstić information content (AvgIpc) is 2.86. The maximum atomic E-state index is 12.8. The monoisotopic (exact) mass is 329 g/mol. The summed E-state index contributed by atoms with van der Waals surface area (Å²) in [7, 11) is -3.74. The molecule has 1 aromatic rings. The Morgan fingerprint density at radius 3 is 2.48 bits per heavy atom. The van der Waals surface area contributed by atoms with Gasteiger partial charge >= 0.3 is 0 Å². The van der Waals surface area contributed by atoms with Crippen molar-refractivity contribution in [1.82, 2.24) is 4.31 Å². The fraction of sp³-hybridized carbons (Fsp3) is 0.533. The summed E-state index contributed by atoms with van der Waals surface area (Å²) in [6, 6.07) is 5.75. The Hall–Kier alpha value is -0.910. The van der Waals surface area contributed by atoms with Crippen LogP contribution < -0.4 is 0 Å². The van der Waals surface area contributed by atoms with E-state index in [1.807, 2.05) is 20.8 Å². The van der Waals surface area contributed by atoms with Gasteiger partial charge in [-0.05, 0) is 25.0 Å². The first-order chi connectivity index (χ1) is 9.65. The number of benzene rings is 1. The third kappa shape index (κ3) is 3.15. The standard InChI is InChI=1S/C15H20ClNO3S/c1-15(2,3)14(18)12-8-6-10-17(12)21(19,20)13-9-5-4-7-11(13)16/h4-5,7,9,12H,6,8,10H2,1-3H3. The van der Waals surface area contributed by atoms with E-state index in [1.165, 1.54) is 10.4 Å². The first-order valence-electron chi connectivity index (χ1n) is 6.96. The molecule has 1 saturated heterocycles. The number of ketones is 1. The number of Topliss-reactive ketones (excluding diaryl/α,β-unsaturated/α-hetero) is 1. The molecule has 1 aliphatic rings. The van der Waals surface area contributed by atoms with Crippen molar-refractivity contribution in [3.63, 3.8) is 0 Å². The van der Waals surface area contributed by atoms with Gasteiger partial charge in [0, 0.05) is 12.0 Å². The second-order valence-corrected chi connectivity index (χ2v) is 8.58. The Morgan fingerprint density at radius 1 is 1.29 bits per heavy atom. The summed E-state index contributed by atoms with van der Waals surface area (Å²) >= 11 is 6.01. The number of halogens is 1. The fourth-order valence-corrected chi connectivity index (χ4v) is 4.72. The summed E-state index contributed by atoms with van der Waals surface area (Å²) < 4.78 is 26.9. The van der Waals surface area contributed by atoms with Gasteiger partial charge in [0.15, 0.2) is 5.78 Å². The van der Waals surface area contributed by atoms with E-state index in [4.69, 9.17) is 11.6 Å². The quantitative estimate of drug-likeness (QED) is 0.856. The van der Waals surface area contributed by atoms with Crippen LogP contribution in [0.25, 0.3) is 0 Å². The fourth-order valence-electron chi connectivity index (χ4n) is 2.57. The molecular formula is C15H20ClNO3S. The summed E-state index contributed by atoms with van der Waals surface area (Å²) in [5, 5.41) is 0.186. The summed E-state index contributed by atoms with van der Waals surface area (Å²) in [5.74, 6) is -0.0457. The zero-order valence-corrected chi connectivity index (χ0v) is 14.0. The second kappa shape index (κ2) is 5.71. The van der Waals surface area contributed by atoms with Crippen molar-refractivity contribution in [3.8, 4) is 0 Å². The largest absolute Gasteiger partial charge is 0.297 e. The Morgan fingerprint density at radius 2 is 1.90 bits per heavy atom. The SMILES string of the molecule is CC(C)(C)C(=O)C1CCCN1S(=O)(=O)c1ccccc1Cl. The molecule has 4 nitrogen and oxygen atoms in total. The number of hydrogen-bond donors (Lipinski definition) is 0. The molecule has 0 bridgehead atoms. The van der Waals surface area contributed by atoms with Gasteiger partial charge in [-0.3, -0.25) is 4.79 Å². The van der Waals surface area contributed by atoms with Crippen LogP contribution in [0, 0.1) is 5.41 Å². The normalized spacial score (nSPS) is 20.7. The molecule has 6 heteroatoms. The topological polar surface area (TPSA) is 54.5 Å². The van der Waals surface area contributed by atoms with Crippen molar-refractivity contribution in [2.45, 2.75) is 44.6 Å². The predicted octanol–water partition coefficient (Wildman–Crippen LogP) is 3.11. The smallest absolute Gasteiger partial charge is 0.245 e. The third-order valence-electron chi connectivity index (χ3n) is 3.67. The van der Waals surface area contributed by atoms with Crippen molar-refractivity contribution in [3.05, 3.63) is 29.3 Å². The lowest BCUT2D eigenvalue weighted by Gasteiger charge is -2.28. The minimum Gasteiger partial charge on any atom is -0.297 e. The van der Waals surface area contributed by atoms with Crippen LogP contribution >= 0.6 is 11.6 Å². The molecule has 0 saturated carbocycles. The van der Waals surface area contributed by atoms with Crippen molar-refractivity contribution in [2.75, 3.05) is 6.54 Å². The van der Waals surface area contributed by atoms with Gasteiger partial charge in [0.25, 0.3) is 0 Å². The molecule has 116 valence electrons. The highest BCUT2D eigenvalue weighted by Crippen LogP contribution is 2.33. The van der Waals surface area contributed by atoms with Gasteiger partial charge in [0.2, 0.25) is 10.0 Å². The van der Waals surface area contributed by atoms with Gasteiger partial charge in [0.1, 0.15) is 4.90 Å². The Kier molecular flexibility index (Phi) is 4.47. The number of carbonyl (C=O) groups is 1. The van der Waals surface area contributed by atoms with Crippen LogP contribution in [0.15, 0.2) is 29.2 Å². The molecule has 1 unspecified atom stereocenters. The second-order valence-electron chi connectivity index (χ2n) is 6.32. The molecule has 21 heavy (non-hydrogen) atoms. The molecule has 1 heterocycles. The Balaban J connectivity index is 2.41. The maximum Gasteiger partial charge on any atom is 0.245 e. The number of carbonyl (C=O) groups excluding carboxylic acids is 1. The minimum absolute atomic E-state index is 0.0457. The van der Waals surface area contributed by atoms with Crippen LogP contribution in [-0.4, -0.2) is 31.1 Å². The van der Waals surface area contributed by atoms with E-state index in [0.29, 0.717) is 19.4 Å². The average molecular weight is 330 g/mol. The van der Waals surface area contributed by atoms with Crippen molar-refractivity contribution in [1.29, 1.82) is 0 Å². The molecule has 0 aliphatic carbocycles. The van der Waals surface area contributed by atoms with E-state index in [2.05, 4.69) is 0 Å². The van der Waals surface area contributed by atoms with E-state index in [1.54, 1.807) is 18.2 Å². The lowest BCUT2D eigenvalue weighted by Crippen LogP contribution is -2.44. The molecule has 0 spiro atoms. The highest BCUT2D eigenvalue weighted by atomic mass is 35.5. The molecule has 0 N–H and O–H groups in total. The first-order valence-corrected chi connectivity index (χ1v) is 8.78. The predicted molar refractivity (Wildman–Crippen MR) is 82.8 cm³/mol. The summed E-state index contributed by atoms with van der Waals surface area (Å²) in [4.78, 5) is 12.6. The molecule has 0 radical (unpaired) electrons. The molecule has 1 aromatic carbocycles. The highest BCUT2D eigenvalue weighted by Gasteiger charge is 2.43. The molecule has 1 fully saturated rings. The summed E-state index contributed by atoms with van der Waals surface area (Å²) in [6.07, 6.45) is 1.26. The van der Waals surface area contributed by atoms with Gasteiger partial charge in [-0.1, -0.05) is 44.5 Å². The zero-order chi connectivity index (χ0) is 15.8. The van der Waals surface area contributed by atoms with Crippen LogP contribution in [0.2, 0.25) is 5.02 Å². The minimum atomic E-state index is -3.74. The number of rotatable bonds is 3. The molecule has 1 aliphatic heterocycles. The van der Waals surface area contributed by atoms with E-state index < -0.39 is 21.5 Å². The van der Waals surface area contributed by atoms with Crippen LogP contribution in [-0.2, 0) is 14.8 Å². The molecule has 1 atom stereocenters. The van der Waals surface area contributed by atoms with E-state index in [9.17, 15) is 13.2 Å². The van der Waals surface area contributed by atoms with Gasteiger partial charge < -0.3 is 0 Å². The number of nitrogens with zero attached hydrogens (tertiary/aromatic N) is 1. The lowest BCUT2D eigenvalue weighted by molar-refractivity contribution is -0.129. The molecule has 0 amide bonds. The van der Waals surface area contributed by atoms with Gasteiger partial charge in [-0.2, -0.15) is 4.31 Å². The number of sulfonamides is 1. The van der Waals surface area contributed by atoms with Gasteiger partial charge in [-0.25, -0.2) is 8.42 Å². The van der Waals surface area contributed by atoms with Crippen LogP contribution in [0.4, 0.5) is 0 Å². The van der Waals surface area contributed by atoms with E-state index >= 15 is 0 Å². The Labute approximate surface area is 131 Å². The highest BCUT2D eigenvalue weighted by molar-refractivity contribution is 7.89. The van der Waals surface area contributed by atoms with Crippen molar-refractivity contribution in [2.24, 2.45) is 5.41 Å². The van der Waals surface area contributed by atoms with Gasteiger partial charge in [-0.15, -0.1) is 0 Å². The van der Waals surface area contributed by atoms with Crippen LogP contribution in [0.1, 0.15) is 33.6 Å².